The van der Waals surface area contributed by atoms with Gasteiger partial charge in [-0.25, -0.2) is 13.4 Å². The largest absolute Gasteiger partial charge is 0.376 e. The molecule has 4 rings (SSSR count). The number of hydrogen-bond acceptors (Lipinski definition) is 7. The molecule has 0 aromatic carbocycles. The molecule has 2 aliphatic rings. The summed E-state index contributed by atoms with van der Waals surface area (Å²) in [4.78, 5) is 6.37. The Kier molecular flexibility index (Phi) is 5.34. The van der Waals surface area contributed by atoms with E-state index in [2.05, 4.69) is 15.0 Å². The van der Waals surface area contributed by atoms with Crippen LogP contribution in [-0.2, 0) is 34.2 Å². The molecule has 0 spiro atoms. The smallest absolute Gasteiger partial charge is 0.227 e. The second-order valence-electron chi connectivity index (χ2n) is 7.65. The summed E-state index contributed by atoms with van der Waals surface area (Å²) in [7, 11) is -1.42. The lowest BCUT2D eigenvalue weighted by molar-refractivity contribution is 0.0933. The number of hydrogen-bond donors (Lipinski definition) is 0. The number of ether oxygens (including phenoxy) is 1. The Hall–Kier alpha value is -1.71. The maximum Gasteiger partial charge on any atom is 0.227 e. The third-order valence-electron chi connectivity index (χ3n) is 5.09. The third-order valence-corrected chi connectivity index (χ3v) is 6.88. The van der Waals surface area contributed by atoms with Crippen LogP contribution in [-0.4, -0.2) is 53.5 Å². The lowest BCUT2D eigenvalue weighted by Crippen LogP contribution is -2.25. The van der Waals surface area contributed by atoms with E-state index in [9.17, 15) is 8.42 Å². The van der Waals surface area contributed by atoms with Gasteiger partial charge in [-0.2, -0.15) is 0 Å². The molecular weight excluding hydrogens is 368 g/mol. The van der Waals surface area contributed by atoms with E-state index in [1.807, 2.05) is 17.7 Å². The van der Waals surface area contributed by atoms with Crippen LogP contribution in [0.2, 0.25) is 0 Å². The van der Waals surface area contributed by atoms with Gasteiger partial charge in [-0.05, 0) is 38.6 Å². The predicted molar refractivity (Wildman–Crippen MR) is 97.7 cm³/mol. The van der Waals surface area contributed by atoms with Crippen LogP contribution in [0.25, 0.3) is 0 Å². The minimum atomic E-state index is -3.38. The number of sulfone groups is 1. The zero-order valence-electron chi connectivity index (χ0n) is 15.6. The molecule has 0 radical (unpaired) electrons. The molecule has 2 aromatic rings. The van der Waals surface area contributed by atoms with E-state index in [4.69, 9.17) is 9.26 Å². The van der Waals surface area contributed by atoms with Crippen LogP contribution < -0.4 is 0 Å². The lowest BCUT2D eigenvalue weighted by atomic mass is 10.2. The molecule has 1 aliphatic carbocycles. The predicted octanol–water partition coefficient (Wildman–Crippen LogP) is 1.87. The monoisotopic (exact) mass is 394 g/mol. The Balaban J connectivity index is 1.55. The first-order valence-electron chi connectivity index (χ1n) is 9.48. The Morgan fingerprint density at radius 3 is 2.81 bits per heavy atom. The average Bonchev–Trinajstić information content (AvgIpc) is 3.05. The van der Waals surface area contributed by atoms with Crippen molar-refractivity contribution in [2.45, 2.75) is 56.6 Å². The molecular formula is C18H26N4O4S. The summed E-state index contributed by atoms with van der Waals surface area (Å²) in [5, 5.41) is 3.91. The topological polar surface area (TPSA) is 90.5 Å². The second-order valence-corrected chi connectivity index (χ2v) is 9.58. The average molecular weight is 394 g/mol. The fraction of sp³-hybridized carbons (Fsp3) is 0.667. The Morgan fingerprint density at radius 1 is 1.30 bits per heavy atom. The minimum Gasteiger partial charge on any atom is -0.376 e. The van der Waals surface area contributed by atoms with Crippen LogP contribution >= 0.6 is 0 Å². The van der Waals surface area contributed by atoms with Gasteiger partial charge >= 0.3 is 0 Å². The fourth-order valence-electron chi connectivity index (χ4n) is 3.55. The summed E-state index contributed by atoms with van der Waals surface area (Å²) < 4.78 is 38.5. The van der Waals surface area contributed by atoms with Gasteiger partial charge < -0.3 is 13.8 Å². The molecule has 1 saturated heterocycles. The van der Waals surface area contributed by atoms with Crippen LogP contribution in [0.4, 0.5) is 0 Å². The van der Waals surface area contributed by atoms with Crippen molar-refractivity contribution >= 4 is 9.84 Å². The lowest BCUT2D eigenvalue weighted by Gasteiger charge is -2.19. The molecule has 1 aliphatic heterocycles. The summed E-state index contributed by atoms with van der Waals surface area (Å²) in [6.07, 6.45) is 7.32. The second kappa shape index (κ2) is 7.73. The van der Waals surface area contributed by atoms with Crippen LogP contribution in [0.5, 0.6) is 0 Å². The summed E-state index contributed by atoms with van der Waals surface area (Å²) in [6.45, 7) is 2.43. The summed E-state index contributed by atoms with van der Waals surface area (Å²) in [5.41, 5.74) is 0.877. The van der Waals surface area contributed by atoms with E-state index in [-0.39, 0.29) is 17.0 Å². The molecule has 2 aromatic heterocycles. The molecule has 0 N–H and O–H groups in total. The molecule has 0 bridgehead atoms. The zero-order chi connectivity index (χ0) is 18.9. The molecule has 8 nitrogen and oxygen atoms in total. The highest BCUT2D eigenvalue weighted by Gasteiger charge is 2.33. The van der Waals surface area contributed by atoms with E-state index in [1.54, 1.807) is 12.4 Å². The van der Waals surface area contributed by atoms with Crippen molar-refractivity contribution in [3.8, 4) is 0 Å². The number of nitrogens with zero attached hydrogens (tertiary/aromatic N) is 4. The number of rotatable bonds is 9. The van der Waals surface area contributed by atoms with Crippen LogP contribution in [0.15, 0.2) is 28.1 Å². The van der Waals surface area contributed by atoms with Crippen molar-refractivity contribution in [1.82, 2.24) is 19.6 Å². The van der Waals surface area contributed by atoms with Crippen LogP contribution in [0.3, 0.4) is 0 Å². The first-order chi connectivity index (χ1) is 13.0. The Labute approximate surface area is 159 Å². The maximum absolute atomic E-state index is 12.9. The Morgan fingerprint density at radius 2 is 2.15 bits per heavy atom. The van der Waals surface area contributed by atoms with Crippen molar-refractivity contribution < 1.29 is 17.7 Å². The molecule has 27 heavy (non-hydrogen) atoms. The van der Waals surface area contributed by atoms with E-state index in [1.165, 1.54) is 0 Å². The van der Waals surface area contributed by atoms with Crippen molar-refractivity contribution in [2.75, 3.05) is 19.4 Å². The molecule has 0 amide bonds. The quantitative estimate of drug-likeness (QED) is 0.641. The van der Waals surface area contributed by atoms with Gasteiger partial charge in [0, 0.05) is 19.2 Å². The molecule has 9 heteroatoms. The van der Waals surface area contributed by atoms with Gasteiger partial charge in [0.25, 0.3) is 0 Å². The van der Waals surface area contributed by atoms with Crippen molar-refractivity contribution in [3.63, 3.8) is 0 Å². The molecule has 0 unspecified atom stereocenters. The SMILES string of the molecule is CN(Cc1ccno1)Cc1cnc(S(=O)(=O)CC2CC2)n1C[C@H]1CCCO1. The summed E-state index contributed by atoms with van der Waals surface area (Å²) in [5.74, 6) is 1.26. The maximum atomic E-state index is 12.9. The van der Waals surface area contributed by atoms with Gasteiger partial charge in [0.1, 0.15) is 0 Å². The van der Waals surface area contributed by atoms with Gasteiger partial charge in [-0.15, -0.1) is 0 Å². The summed E-state index contributed by atoms with van der Waals surface area (Å²) in [6, 6.07) is 1.83. The number of imidazole rings is 1. The molecule has 3 heterocycles. The minimum absolute atomic E-state index is 0.0485. The van der Waals surface area contributed by atoms with Crippen molar-refractivity contribution in [1.29, 1.82) is 0 Å². The van der Waals surface area contributed by atoms with Gasteiger partial charge in [-0.1, -0.05) is 5.16 Å². The standard InChI is InChI=1S/C18H26N4O4S/c1-21(11-17-6-7-20-26-17)10-15-9-19-18(27(23,24)13-14-4-5-14)22(15)12-16-3-2-8-25-16/h6-7,9,14,16H,2-5,8,10-13H2,1H3/t16-/m1/s1. The van der Waals surface area contributed by atoms with Gasteiger partial charge in [0.15, 0.2) is 5.76 Å². The Bertz CT molecular complexity index is 852. The van der Waals surface area contributed by atoms with Crippen molar-refractivity contribution in [2.24, 2.45) is 5.92 Å². The van der Waals surface area contributed by atoms with Gasteiger partial charge in [0.05, 0.1) is 43.0 Å². The molecule has 1 saturated carbocycles. The van der Waals surface area contributed by atoms with Crippen LogP contribution in [0, 0.1) is 5.92 Å². The number of aromatic nitrogens is 3. The van der Waals surface area contributed by atoms with E-state index >= 15 is 0 Å². The third kappa shape index (κ3) is 4.59. The van der Waals surface area contributed by atoms with E-state index in [0.717, 1.165) is 43.7 Å². The highest BCUT2D eigenvalue weighted by Crippen LogP contribution is 2.32. The molecule has 148 valence electrons. The van der Waals surface area contributed by atoms with Gasteiger partial charge in [0.2, 0.25) is 15.0 Å². The highest BCUT2D eigenvalue weighted by atomic mass is 32.2. The van der Waals surface area contributed by atoms with Gasteiger partial charge in [-0.3, -0.25) is 4.90 Å². The first kappa shape index (κ1) is 18.6. The highest BCUT2D eigenvalue weighted by molar-refractivity contribution is 7.91. The fourth-order valence-corrected chi connectivity index (χ4v) is 5.39. The first-order valence-corrected chi connectivity index (χ1v) is 11.1. The zero-order valence-corrected chi connectivity index (χ0v) is 16.4. The summed E-state index contributed by atoms with van der Waals surface area (Å²) >= 11 is 0. The van der Waals surface area contributed by atoms with Crippen molar-refractivity contribution in [3.05, 3.63) is 29.9 Å². The normalized spacial score (nSPS) is 20.6. The molecule has 1 atom stereocenters. The van der Waals surface area contributed by atoms with Crippen LogP contribution in [0.1, 0.15) is 37.1 Å². The molecule has 2 fully saturated rings. The van der Waals surface area contributed by atoms with E-state index < -0.39 is 9.84 Å². The van der Waals surface area contributed by atoms with E-state index in [0.29, 0.717) is 25.6 Å².